The Morgan fingerprint density at radius 2 is 1.89 bits per heavy atom. The molecule has 184 valence electrons. The number of hydrogen-bond donors (Lipinski definition) is 0. The summed E-state index contributed by atoms with van der Waals surface area (Å²) in [4.78, 5) is 17.3. The van der Waals surface area contributed by atoms with Crippen molar-refractivity contribution in [3.63, 3.8) is 0 Å². The molecule has 2 aromatic carbocycles. The lowest BCUT2D eigenvalue weighted by molar-refractivity contribution is -0.130. The van der Waals surface area contributed by atoms with Gasteiger partial charge in [-0.25, -0.2) is 0 Å². The molecule has 1 aliphatic heterocycles. The van der Waals surface area contributed by atoms with Gasteiger partial charge in [-0.3, -0.25) is 14.3 Å². The molecule has 2 heterocycles. The van der Waals surface area contributed by atoms with E-state index < -0.39 is 0 Å². The number of thioether (sulfide) groups is 1. The number of aromatic nitrogens is 3. The van der Waals surface area contributed by atoms with Gasteiger partial charge in [0, 0.05) is 38.8 Å². The number of piperazine rings is 1. The Morgan fingerprint density at radius 3 is 2.60 bits per heavy atom. The predicted molar refractivity (Wildman–Crippen MR) is 139 cm³/mol. The maximum atomic E-state index is 12.9. The van der Waals surface area contributed by atoms with E-state index in [0.717, 1.165) is 37.5 Å². The largest absolute Gasteiger partial charge is 0.486 e. The van der Waals surface area contributed by atoms with Gasteiger partial charge in [0.15, 0.2) is 11.0 Å². The van der Waals surface area contributed by atoms with Crippen LogP contribution in [0.15, 0.2) is 72.4 Å². The van der Waals surface area contributed by atoms with Gasteiger partial charge in [0.05, 0.1) is 5.75 Å². The molecule has 7 nitrogen and oxygen atoms in total. The quantitative estimate of drug-likeness (QED) is 0.310. The molecule has 0 aliphatic carbocycles. The Balaban J connectivity index is 1.29. The number of aryl methyl sites for hydroxylation is 1. The van der Waals surface area contributed by atoms with Gasteiger partial charge in [0.2, 0.25) is 5.91 Å². The summed E-state index contributed by atoms with van der Waals surface area (Å²) in [6, 6.07) is 18.8. The van der Waals surface area contributed by atoms with Crippen LogP contribution in [0.3, 0.4) is 0 Å². The predicted octanol–water partition coefficient (Wildman–Crippen LogP) is 4.35. The van der Waals surface area contributed by atoms with Crippen molar-refractivity contribution in [2.24, 2.45) is 0 Å². The third-order valence-corrected chi connectivity index (χ3v) is 7.24. The van der Waals surface area contributed by atoms with Crippen molar-refractivity contribution >= 4 is 17.7 Å². The van der Waals surface area contributed by atoms with Crippen molar-refractivity contribution in [2.45, 2.75) is 38.2 Å². The van der Waals surface area contributed by atoms with E-state index in [-0.39, 0.29) is 5.91 Å². The normalized spacial score (nSPS) is 15.1. The molecule has 1 amide bonds. The number of rotatable bonds is 10. The van der Waals surface area contributed by atoms with Crippen LogP contribution in [-0.4, -0.2) is 62.4 Å². The number of carbonyl (C=O) groups is 1. The minimum Gasteiger partial charge on any atom is -0.486 e. The molecule has 35 heavy (non-hydrogen) atoms. The Bertz CT molecular complexity index is 1130. The molecule has 3 aromatic rings. The van der Waals surface area contributed by atoms with E-state index in [9.17, 15) is 4.79 Å². The molecule has 0 bridgehead atoms. The molecule has 0 unspecified atom stereocenters. The molecule has 8 heteroatoms. The minimum absolute atomic E-state index is 0.132. The fourth-order valence-electron chi connectivity index (χ4n) is 4.22. The Morgan fingerprint density at radius 1 is 1.11 bits per heavy atom. The third kappa shape index (κ3) is 6.52. The van der Waals surface area contributed by atoms with Gasteiger partial charge in [0.1, 0.15) is 12.4 Å². The average molecular weight is 492 g/mol. The molecule has 1 fully saturated rings. The molecule has 1 atom stereocenters. The Kier molecular flexibility index (Phi) is 8.60. The summed E-state index contributed by atoms with van der Waals surface area (Å²) in [6.45, 7) is 12.2. The summed E-state index contributed by atoms with van der Waals surface area (Å²) in [7, 11) is 0. The number of carbonyl (C=O) groups excluding carboxylic acids is 1. The molecule has 1 aliphatic rings. The second kappa shape index (κ2) is 12.0. The second-order valence-electron chi connectivity index (χ2n) is 8.70. The van der Waals surface area contributed by atoms with Crippen LogP contribution in [-0.2, 0) is 17.9 Å². The molecule has 4 rings (SSSR count). The smallest absolute Gasteiger partial charge is 0.233 e. The molecule has 0 saturated carbocycles. The van der Waals surface area contributed by atoms with Gasteiger partial charge in [-0.15, -0.1) is 16.8 Å². The highest BCUT2D eigenvalue weighted by molar-refractivity contribution is 7.99. The standard InChI is InChI=1S/C27H33N5O2S/c1-4-13-32-25(19-34-24-12-8-9-21(2)18-24)28-29-27(32)35-20-26(33)31-16-14-30(15-17-31)22(3)23-10-6-5-7-11-23/h4-12,18,22H,1,13-17,19-20H2,2-3H3/t22-/m1/s1. The molecule has 1 saturated heterocycles. The SMILES string of the molecule is C=CCn1c(COc2cccc(C)c2)nnc1SCC(=O)N1CCN([C@H](C)c2ccccc2)CC1. The Hall–Kier alpha value is -3.10. The molecule has 0 N–H and O–H groups in total. The van der Waals surface area contributed by atoms with Crippen molar-refractivity contribution in [3.05, 3.63) is 84.2 Å². The van der Waals surface area contributed by atoms with Crippen LogP contribution in [0.25, 0.3) is 0 Å². The van der Waals surface area contributed by atoms with Gasteiger partial charge in [-0.05, 0) is 37.1 Å². The van der Waals surface area contributed by atoms with Gasteiger partial charge >= 0.3 is 0 Å². The number of allylic oxidation sites excluding steroid dienone is 1. The van der Waals surface area contributed by atoms with Gasteiger partial charge in [0.25, 0.3) is 0 Å². The molecule has 0 radical (unpaired) electrons. The molecule has 1 aromatic heterocycles. The first-order valence-corrected chi connectivity index (χ1v) is 13.0. The first kappa shape index (κ1) is 25.0. The zero-order chi connectivity index (χ0) is 24.6. The second-order valence-corrected chi connectivity index (χ2v) is 9.64. The maximum absolute atomic E-state index is 12.9. The number of ether oxygens (including phenoxy) is 1. The highest BCUT2D eigenvalue weighted by atomic mass is 32.2. The summed E-state index contributed by atoms with van der Waals surface area (Å²) in [5.41, 5.74) is 2.45. The monoisotopic (exact) mass is 491 g/mol. The molecule has 0 spiro atoms. The van der Waals surface area contributed by atoms with Crippen LogP contribution in [0.1, 0.15) is 29.9 Å². The van der Waals surface area contributed by atoms with Gasteiger partial charge < -0.3 is 9.64 Å². The van der Waals surface area contributed by atoms with Crippen molar-refractivity contribution in [3.8, 4) is 5.75 Å². The average Bonchev–Trinajstić information content (AvgIpc) is 3.28. The van der Waals surface area contributed by atoms with Gasteiger partial charge in [-0.1, -0.05) is 60.3 Å². The number of hydrogen-bond acceptors (Lipinski definition) is 6. The topological polar surface area (TPSA) is 63.5 Å². The number of benzene rings is 2. The fraction of sp³-hybridized carbons (Fsp3) is 0.370. The lowest BCUT2D eigenvalue weighted by Gasteiger charge is -2.38. The highest BCUT2D eigenvalue weighted by Gasteiger charge is 2.25. The zero-order valence-corrected chi connectivity index (χ0v) is 21.3. The number of amides is 1. The summed E-state index contributed by atoms with van der Waals surface area (Å²) >= 11 is 1.42. The van der Waals surface area contributed by atoms with Crippen LogP contribution >= 0.6 is 11.8 Å². The summed E-state index contributed by atoms with van der Waals surface area (Å²) in [5, 5.41) is 9.33. The third-order valence-electron chi connectivity index (χ3n) is 6.28. The van der Waals surface area contributed by atoms with E-state index in [1.807, 2.05) is 46.7 Å². The molecular weight excluding hydrogens is 458 g/mol. The van der Waals surface area contributed by atoms with E-state index in [2.05, 4.69) is 52.9 Å². The van der Waals surface area contributed by atoms with Gasteiger partial charge in [-0.2, -0.15) is 0 Å². The van der Waals surface area contributed by atoms with E-state index in [4.69, 9.17) is 4.74 Å². The van der Waals surface area contributed by atoms with Crippen LogP contribution in [0, 0.1) is 6.92 Å². The summed E-state index contributed by atoms with van der Waals surface area (Å²) < 4.78 is 7.87. The highest BCUT2D eigenvalue weighted by Crippen LogP contribution is 2.23. The zero-order valence-electron chi connectivity index (χ0n) is 20.5. The summed E-state index contributed by atoms with van der Waals surface area (Å²) in [5.74, 6) is 1.98. The van der Waals surface area contributed by atoms with Crippen molar-refractivity contribution in [1.82, 2.24) is 24.6 Å². The van der Waals surface area contributed by atoms with E-state index in [1.165, 1.54) is 17.3 Å². The van der Waals surface area contributed by atoms with E-state index >= 15 is 0 Å². The lowest BCUT2D eigenvalue weighted by Crippen LogP contribution is -2.49. The first-order chi connectivity index (χ1) is 17.0. The lowest BCUT2D eigenvalue weighted by atomic mass is 10.1. The first-order valence-electron chi connectivity index (χ1n) is 12.0. The van der Waals surface area contributed by atoms with E-state index in [0.29, 0.717) is 35.9 Å². The van der Waals surface area contributed by atoms with Crippen molar-refractivity contribution < 1.29 is 9.53 Å². The van der Waals surface area contributed by atoms with Crippen LogP contribution < -0.4 is 4.74 Å². The fourth-order valence-corrected chi connectivity index (χ4v) is 5.09. The maximum Gasteiger partial charge on any atom is 0.233 e. The van der Waals surface area contributed by atoms with Crippen molar-refractivity contribution in [2.75, 3.05) is 31.9 Å². The molecular formula is C27H33N5O2S. The van der Waals surface area contributed by atoms with E-state index in [1.54, 1.807) is 6.08 Å². The summed E-state index contributed by atoms with van der Waals surface area (Å²) in [6.07, 6.45) is 1.80. The Labute approximate surface area is 211 Å². The van der Waals surface area contributed by atoms with Crippen LogP contribution in [0.5, 0.6) is 5.75 Å². The van der Waals surface area contributed by atoms with Crippen LogP contribution in [0.4, 0.5) is 0 Å². The van der Waals surface area contributed by atoms with Crippen molar-refractivity contribution in [1.29, 1.82) is 0 Å². The van der Waals surface area contributed by atoms with Crippen LogP contribution in [0.2, 0.25) is 0 Å². The minimum atomic E-state index is 0.132. The number of nitrogens with zero attached hydrogens (tertiary/aromatic N) is 5.